The van der Waals surface area contributed by atoms with Gasteiger partial charge in [-0.25, -0.2) is 8.42 Å². The Bertz CT molecular complexity index is 594. The molecule has 3 unspecified atom stereocenters. The second kappa shape index (κ2) is 5.20. The first kappa shape index (κ1) is 15.0. The van der Waals surface area contributed by atoms with Crippen molar-refractivity contribution in [1.82, 2.24) is 0 Å². The highest BCUT2D eigenvalue weighted by Crippen LogP contribution is 2.45. The van der Waals surface area contributed by atoms with E-state index in [9.17, 15) is 18.3 Å². The predicted molar refractivity (Wildman–Crippen MR) is 76.2 cm³/mol. The normalized spacial score (nSPS) is 30.9. The Hall–Kier alpha value is -1.36. The van der Waals surface area contributed by atoms with Crippen molar-refractivity contribution in [2.24, 2.45) is 11.8 Å². The lowest BCUT2D eigenvalue weighted by molar-refractivity contribution is -0.142. The van der Waals surface area contributed by atoms with Crippen LogP contribution in [0.2, 0.25) is 0 Å². The molecular formula is C15H20O4S. The lowest BCUT2D eigenvalue weighted by Crippen LogP contribution is -2.54. The molecule has 0 radical (unpaired) electrons. The summed E-state index contributed by atoms with van der Waals surface area (Å²) in [5, 5.41) is 9.66. The molecule has 5 heteroatoms. The van der Waals surface area contributed by atoms with Crippen molar-refractivity contribution in [2.75, 3.05) is 0 Å². The molecule has 1 aliphatic carbocycles. The molecular weight excluding hydrogens is 276 g/mol. The Balaban J connectivity index is 2.57. The van der Waals surface area contributed by atoms with Gasteiger partial charge < -0.3 is 5.11 Å². The van der Waals surface area contributed by atoms with Crippen LogP contribution in [0.3, 0.4) is 0 Å². The summed E-state index contributed by atoms with van der Waals surface area (Å²) in [4.78, 5) is 11.9. The summed E-state index contributed by atoms with van der Waals surface area (Å²) in [6.45, 7) is 3.78. The first-order chi connectivity index (χ1) is 9.32. The minimum Gasteiger partial charge on any atom is -0.480 e. The molecule has 4 nitrogen and oxygen atoms in total. The Morgan fingerprint density at radius 3 is 2.35 bits per heavy atom. The number of aliphatic carboxylic acids is 1. The second-order valence-corrected chi connectivity index (χ2v) is 8.00. The van der Waals surface area contributed by atoms with Crippen LogP contribution in [0.1, 0.15) is 33.1 Å². The summed E-state index contributed by atoms with van der Waals surface area (Å²) in [5.41, 5.74) is 0. The third kappa shape index (κ3) is 2.14. The maximum atomic E-state index is 12.9. The van der Waals surface area contributed by atoms with Gasteiger partial charge in [-0.15, -0.1) is 0 Å². The molecule has 1 aliphatic rings. The molecule has 110 valence electrons. The highest BCUT2D eigenvalue weighted by Gasteiger charge is 2.57. The number of sulfone groups is 1. The fraction of sp³-hybridized carbons (Fsp3) is 0.533. The number of rotatable bonds is 3. The van der Waals surface area contributed by atoms with Crippen molar-refractivity contribution < 1.29 is 18.3 Å². The largest absolute Gasteiger partial charge is 0.480 e. The summed E-state index contributed by atoms with van der Waals surface area (Å²) >= 11 is 0. The zero-order chi connectivity index (χ0) is 15.0. The van der Waals surface area contributed by atoms with Crippen LogP contribution in [-0.4, -0.2) is 24.2 Å². The van der Waals surface area contributed by atoms with E-state index in [0.29, 0.717) is 18.8 Å². The van der Waals surface area contributed by atoms with Gasteiger partial charge in [0, 0.05) is 0 Å². The molecule has 3 atom stereocenters. The predicted octanol–water partition coefficient (Wildman–Crippen LogP) is 2.74. The summed E-state index contributed by atoms with van der Waals surface area (Å²) < 4.78 is 24.1. The Morgan fingerprint density at radius 2 is 1.85 bits per heavy atom. The third-order valence-electron chi connectivity index (χ3n) is 4.46. The van der Waals surface area contributed by atoms with E-state index in [-0.39, 0.29) is 11.3 Å². The van der Waals surface area contributed by atoms with Gasteiger partial charge in [-0.3, -0.25) is 4.79 Å². The van der Waals surface area contributed by atoms with Crippen molar-refractivity contribution in [3.63, 3.8) is 0 Å². The maximum absolute atomic E-state index is 12.9. The average Bonchev–Trinajstić information content (AvgIpc) is 2.39. The Labute approximate surface area is 119 Å². The van der Waals surface area contributed by atoms with E-state index in [1.165, 1.54) is 12.1 Å². The van der Waals surface area contributed by atoms with Gasteiger partial charge in [-0.2, -0.15) is 0 Å². The lowest BCUT2D eigenvalue weighted by Gasteiger charge is -2.40. The molecule has 1 aromatic rings. The zero-order valence-corrected chi connectivity index (χ0v) is 12.6. The summed E-state index contributed by atoms with van der Waals surface area (Å²) in [5.74, 6) is -1.25. The first-order valence-electron chi connectivity index (χ1n) is 6.85. The van der Waals surface area contributed by atoms with Crippen LogP contribution in [0, 0.1) is 11.8 Å². The molecule has 0 aliphatic heterocycles. The molecule has 0 bridgehead atoms. The second-order valence-electron chi connectivity index (χ2n) is 5.79. The third-order valence-corrected chi connectivity index (χ3v) is 7.09. The standard InChI is InChI=1S/C15H20O4S/c1-11-8-9-15(14(16)17,12(2)10-11)20(18,19)13-6-4-3-5-7-13/h3-7,11-12H,8-10H2,1-2H3,(H,16,17). The van der Waals surface area contributed by atoms with Gasteiger partial charge in [-0.1, -0.05) is 32.0 Å². The van der Waals surface area contributed by atoms with Crippen LogP contribution in [-0.2, 0) is 14.6 Å². The van der Waals surface area contributed by atoms with E-state index in [2.05, 4.69) is 0 Å². The van der Waals surface area contributed by atoms with E-state index >= 15 is 0 Å². The van der Waals surface area contributed by atoms with Crippen molar-refractivity contribution in [2.45, 2.75) is 42.8 Å². The number of hydrogen-bond acceptors (Lipinski definition) is 3. The zero-order valence-electron chi connectivity index (χ0n) is 11.7. The van der Waals surface area contributed by atoms with Crippen LogP contribution in [0.25, 0.3) is 0 Å². The Morgan fingerprint density at radius 1 is 1.25 bits per heavy atom. The topological polar surface area (TPSA) is 71.4 Å². The van der Waals surface area contributed by atoms with Crippen molar-refractivity contribution >= 4 is 15.8 Å². The van der Waals surface area contributed by atoms with Crippen LogP contribution >= 0.6 is 0 Å². The molecule has 1 saturated carbocycles. The fourth-order valence-corrected chi connectivity index (χ4v) is 5.44. The summed E-state index contributed by atoms with van der Waals surface area (Å²) in [7, 11) is -3.90. The molecule has 0 amide bonds. The monoisotopic (exact) mass is 296 g/mol. The van der Waals surface area contributed by atoms with Crippen molar-refractivity contribution in [1.29, 1.82) is 0 Å². The lowest BCUT2D eigenvalue weighted by atomic mass is 9.75. The molecule has 0 heterocycles. The molecule has 0 spiro atoms. The van der Waals surface area contributed by atoms with Crippen LogP contribution in [0.15, 0.2) is 35.2 Å². The number of benzene rings is 1. The van der Waals surface area contributed by atoms with Crippen LogP contribution in [0.5, 0.6) is 0 Å². The number of hydrogen-bond donors (Lipinski definition) is 1. The van der Waals surface area contributed by atoms with Gasteiger partial charge in [0.15, 0.2) is 14.6 Å². The molecule has 2 rings (SSSR count). The van der Waals surface area contributed by atoms with Gasteiger partial charge in [0.05, 0.1) is 4.90 Å². The van der Waals surface area contributed by atoms with Gasteiger partial charge in [0.25, 0.3) is 0 Å². The van der Waals surface area contributed by atoms with Gasteiger partial charge >= 0.3 is 5.97 Å². The number of carboxylic acids is 1. The van der Waals surface area contributed by atoms with E-state index < -0.39 is 26.5 Å². The highest BCUT2D eigenvalue weighted by molar-refractivity contribution is 7.93. The molecule has 1 aromatic carbocycles. The van der Waals surface area contributed by atoms with Crippen molar-refractivity contribution in [3.05, 3.63) is 30.3 Å². The number of carbonyl (C=O) groups is 1. The minimum atomic E-state index is -3.90. The summed E-state index contributed by atoms with van der Waals surface area (Å²) in [6, 6.07) is 7.92. The van der Waals surface area contributed by atoms with Crippen LogP contribution in [0.4, 0.5) is 0 Å². The molecule has 1 N–H and O–H groups in total. The molecule has 20 heavy (non-hydrogen) atoms. The van der Waals surface area contributed by atoms with Crippen LogP contribution < -0.4 is 0 Å². The quantitative estimate of drug-likeness (QED) is 0.931. The van der Waals surface area contributed by atoms with Crippen molar-refractivity contribution in [3.8, 4) is 0 Å². The minimum absolute atomic E-state index is 0.101. The average molecular weight is 296 g/mol. The van der Waals surface area contributed by atoms with E-state index in [4.69, 9.17) is 0 Å². The molecule has 1 fully saturated rings. The number of carboxylic acid groups (broad SMARTS) is 1. The van der Waals surface area contributed by atoms with Gasteiger partial charge in [0.2, 0.25) is 0 Å². The van der Waals surface area contributed by atoms with E-state index in [0.717, 1.165) is 0 Å². The molecule has 0 aromatic heterocycles. The SMILES string of the molecule is CC1CCC(C(=O)O)(S(=O)(=O)c2ccccc2)C(C)C1. The molecule has 0 saturated heterocycles. The first-order valence-corrected chi connectivity index (χ1v) is 8.33. The van der Waals surface area contributed by atoms with E-state index in [1.807, 2.05) is 6.92 Å². The van der Waals surface area contributed by atoms with Gasteiger partial charge in [0.1, 0.15) is 0 Å². The smallest absolute Gasteiger partial charge is 0.325 e. The van der Waals surface area contributed by atoms with E-state index in [1.54, 1.807) is 25.1 Å². The maximum Gasteiger partial charge on any atom is 0.325 e. The highest BCUT2D eigenvalue weighted by atomic mass is 32.2. The fourth-order valence-electron chi connectivity index (χ4n) is 3.26. The Kier molecular flexibility index (Phi) is 3.91. The summed E-state index contributed by atoms with van der Waals surface area (Å²) in [6.07, 6.45) is 1.43. The van der Waals surface area contributed by atoms with Gasteiger partial charge in [-0.05, 0) is 43.2 Å².